The second-order valence-electron chi connectivity index (χ2n) is 2.73. The van der Waals surface area contributed by atoms with E-state index in [1.54, 1.807) is 0 Å². The Bertz CT molecular complexity index is 728. The van der Waals surface area contributed by atoms with Crippen molar-refractivity contribution in [3.63, 3.8) is 0 Å². The Morgan fingerprint density at radius 2 is 2.14 bits per heavy atom. The summed E-state index contributed by atoms with van der Waals surface area (Å²) in [5.74, 6) is 0.190. The quantitative estimate of drug-likeness (QED) is 0.446. The SMILES string of the molecule is O=c1cc2[nH][nH]c(=O)n2c2ncnn12. The standard InChI is InChI=1S/C6H4N6O2/c13-4-1-3-9-10-6(14)11(3)5-7-2-8-12(4)5/h1-2,9H,(H,10,14). The van der Waals surface area contributed by atoms with Crippen molar-refractivity contribution in [1.82, 2.24) is 29.2 Å². The van der Waals surface area contributed by atoms with Gasteiger partial charge in [0.05, 0.1) is 0 Å². The van der Waals surface area contributed by atoms with Crippen molar-refractivity contribution < 1.29 is 0 Å². The maximum atomic E-state index is 11.4. The van der Waals surface area contributed by atoms with Crippen LogP contribution >= 0.6 is 0 Å². The minimum atomic E-state index is -0.391. The zero-order valence-corrected chi connectivity index (χ0v) is 6.76. The number of aromatic amines is 2. The van der Waals surface area contributed by atoms with Crippen molar-refractivity contribution in [3.05, 3.63) is 33.2 Å². The number of H-pyrrole nitrogens is 2. The molecule has 0 amide bonds. The van der Waals surface area contributed by atoms with E-state index in [-0.39, 0.29) is 11.3 Å². The molecule has 0 radical (unpaired) electrons. The molecule has 0 spiro atoms. The van der Waals surface area contributed by atoms with Gasteiger partial charge in [-0.05, 0) is 0 Å². The van der Waals surface area contributed by atoms with Crippen LogP contribution in [0.1, 0.15) is 0 Å². The fourth-order valence-corrected chi connectivity index (χ4v) is 1.36. The number of hydrogen-bond donors (Lipinski definition) is 2. The minimum Gasteiger partial charge on any atom is -0.281 e. The molecule has 0 aromatic carbocycles. The number of rotatable bonds is 0. The third-order valence-electron chi connectivity index (χ3n) is 1.94. The van der Waals surface area contributed by atoms with Gasteiger partial charge in [-0.1, -0.05) is 0 Å². The summed E-state index contributed by atoms with van der Waals surface area (Å²) in [6.45, 7) is 0. The number of nitrogens with one attached hydrogen (secondary N) is 2. The summed E-state index contributed by atoms with van der Waals surface area (Å²) in [5, 5.41) is 8.60. The van der Waals surface area contributed by atoms with Gasteiger partial charge in [-0.15, -0.1) is 0 Å². The fourth-order valence-electron chi connectivity index (χ4n) is 1.36. The lowest BCUT2D eigenvalue weighted by molar-refractivity contribution is 0.881. The van der Waals surface area contributed by atoms with Gasteiger partial charge in [-0.3, -0.25) is 9.89 Å². The number of aromatic nitrogens is 6. The summed E-state index contributed by atoms with van der Waals surface area (Å²) in [5.41, 5.74) is -0.369. The second-order valence-corrected chi connectivity index (χ2v) is 2.73. The third-order valence-corrected chi connectivity index (χ3v) is 1.94. The van der Waals surface area contributed by atoms with Crippen molar-refractivity contribution in [3.8, 4) is 0 Å². The van der Waals surface area contributed by atoms with Gasteiger partial charge < -0.3 is 0 Å². The lowest BCUT2D eigenvalue weighted by Gasteiger charge is -1.91. The summed E-state index contributed by atoms with van der Waals surface area (Å²) in [4.78, 5) is 26.5. The van der Waals surface area contributed by atoms with E-state index >= 15 is 0 Å². The highest BCUT2D eigenvalue weighted by molar-refractivity contribution is 5.44. The van der Waals surface area contributed by atoms with Crippen LogP contribution in [0.2, 0.25) is 0 Å². The molecule has 70 valence electrons. The van der Waals surface area contributed by atoms with Crippen LogP contribution in [0.5, 0.6) is 0 Å². The van der Waals surface area contributed by atoms with Crippen molar-refractivity contribution in [1.29, 1.82) is 0 Å². The lowest BCUT2D eigenvalue weighted by Crippen LogP contribution is -2.19. The Morgan fingerprint density at radius 3 is 3.00 bits per heavy atom. The van der Waals surface area contributed by atoms with E-state index in [0.717, 1.165) is 4.52 Å². The number of hydrogen-bond acceptors (Lipinski definition) is 4. The molecule has 0 atom stereocenters. The van der Waals surface area contributed by atoms with E-state index in [0.29, 0.717) is 5.65 Å². The average molecular weight is 192 g/mol. The van der Waals surface area contributed by atoms with E-state index in [1.807, 2.05) is 0 Å². The molecule has 14 heavy (non-hydrogen) atoms. The fraction of sp³-hybridized carbons (Fsp3) is 0. The number of fused-ring (bicyclic) bond motifs is 3. The molecule has 0 bridgehead atoms. The van der Waals surface area contributed by atoms with Crippen molar-refractivity contribution in [2.24, 2.45) is 0 Å². The van der Waals surface area contributed by atoms with Gasteiger partial charge in [0.2, 0.25) is 5.78 Å². The van der Waals surface area contributed by atoms with Gasteiger partial charge >= 0.3 is 5.69 Å². The first-order chi connectivity index (χ1) is 6.77. The van der Waals surface area contributed by atoms with Crippen LogP contribution in [-0.2, 0) is 0 Å². The van der Waals surface area contributed by atoms with Crippen molar-refractivity contribution in [2.45, 2.75) is 0 Å². The molecule has 3 aromatic rings. The molecule has 2 N–H and O–H groups in total. The van der Waals surface area contributed by atoms with Crippen molar-refractivity contribution >= 4 is 11.4 Å². The van der Waals surface area contributed by atoms with E-state index in [4.69, 9.17) is 0 Å². The molecular weight excluding hydrogens is 188 g/mol. The van der Waals surface area contributed by atoms with Crippen LogP contribution in [0.25, 0.3) is 11.4 Å². The Morgan fingerprint density at radius 1 is 1.29 bits per heavy atom. The molecule has 3 aromatic heterocycles. The van der Waals surface area contributed by atoms with Crippen LogP contribution in [-0.4, -0.2) is 29.2 Å². The minimum absolute atomic E-state index is 0.190. The van der Waals surface area contributed by atoms with E-state index in [1.165, 1.54) is 16.8 Å². The van der Waals surface area contributed by atoms with E-state index in [9.17, 15) is 9.59 Å². The van der Waals surface area contributed by atoms with E-state index < -0.39 is 5.69 Å². The molecular formula is C6H4N6O2. The largest absolute Gasteiger partial charge is 0.348 e. The molecule has 3 rings (SSSR count). The Hall–Kier alpha value is -2.38. The number of nitrogens with zero attached hydrogens (tertiary/aromatic N) is 4. The maximum Gasteiger partial charge on any atom is 0.348 e. The lowest BCUT2D eigenvalue weighted by atomic mass is 10.6. The first-order valence-electron chi connectivity index (χ1n) is 3.79. The molecule has 8 nitrogen and oxygen atoms in total. The highest BCUT2D eigenvalue weighted by Gasteiger charge is 2.08. The monoisotopic (exact) mass is 192 g/mol. The zero-order chi connectivity index (χ0) is 9.71. The molecule has 8 heteroatoms. The van der Waals surface area contributed by atoms with Crippen LogP contribution < -0.4 is 11.2 Å². The smallest absolute Gasteiger partial charge is 0.281 e. The molecule has 0 fully saturated rings. The molecule has 0 saturated carbocycles. The van der Waals surface area contributed by atoms with Crippen LogP contribution in [0.4, 0.5) is 0 Å². The summed E-state index contributed by atoms with van der Waals surface area (Å²) in [6, 6.07) is 1.26. The van der Waals surface area contributed by atoms with Crippen LogP contribution in [0, 0.1) is 0 Å². The van der Waals surface area contributed by atoms with Gasteiger partial charge in [0.25, 0.3) is 5.56 Å². The highest BCUT2D eigenvalue weighted by atomic mass is 16.2. The summed E-state index contributed by atoms with van der Waals surface area (Å²) < 4.78 is 2.28. The third kappa shape index (κ3) is 0.672. The molecule has 0 aliphatic rings. The maximum absolute atomic E-state index is 11.4. The molecule has 0 unspecified atom stereocenters. The molecule has 3 heterocycles. The Balaban J connectivity index is 2.84. The van der Waals surface area contributed by atoms with Gasteiger partial charge in [-0.25, -0.2) is 14.3 Å². The summed E-state index contributed by atoms with van der Waals surface area (Å²) >= 11 is 0. The van der Waals surface area contributed by atoms with Gasteiger partial charge in [0.1, 0.15) is 12.0 Å². The van der Waals surface area contributed by atoms with Gasteiger partial charge in [0, 0.05) is 6.07 Å². The van der Waals surface area contributed by atoms with Crippen molar-refractivity contribution in [2.75, 3.05) is 0 Å². The first kappa shape index (κ1) is 7.06. The second kappa shape index (κ2) is 2.10. The Kier molecular flexibility index (Phi) is 1.06. The summed E-state index contributed by atoms with van der Waals surface area (Å²) in [6.07, 6.45) is 1.22. The molecule has 0 aliphatic heterocycles. The highest BCUT2D eigenvalue weighted by Crippen LogP contribution is 1.95. The predicted molar refractivity (Wildman–Crippen MR) is 45.2 cm³/mol. The molecule has 0 aliphatic carbocycles. The summed E-state index contributed by atoms with van der Waals surface area (Å²) in [7, 11) is 0. The Labute approximate surface area is 74.8 Å². The predicted octanol–water partition coefficient (Wildman–Crippen LogP) is -1.64. The first-order valence-corrected chi connectivity index (χ1v) is 3.79. The topological polar surface area (TPSA) is 100 Å². The average Bonchev–Trinajstić information content (AvgIpc) is 2.72. The normalized spacial score (nSPS) is 11.4. The van der Waals surface area contributed by atoms with Crippen LogP contribution in [0.3, 0.4) is 0 Å². The van der Waals surface area contributed by atoms with Gasteiger partial charge in [-0.2, -0.15) is 14.6 Å². The van der Waals surface area contributed by atoms with Gasteiger partial charge in [0.15, 0.2) is 0 Å². The van der Waals surface area contributed by atoms with E-state index in [2.05, 4.69) is 20.3 Å². The zero-order valence-electron chi connectivity index (χ0n) is 6.76. The molecule has 0 saturated heterocycles. The van der Waals surface area contributed by atoms with Crippen LogP contribution in [0.15, 0.2) is 22.0 Å².